The van der Waals surface area contributed by atoms with Gasteiger partial charge >= 0.3 is 5.97 Å². The third-order valence-electron chi connectivity index (χ3n) is 3.13. The molecule has 0 aromatic heterocycles. The third kappa shape index (κ3) is 1.74. The molecule has 2 heterocycles. The second kappa shape index (κ2) is 4.05. The second-order valence-electron chi connectivity index (χ2n) is 4.14. The standard InChI is InChI=1S/C11H15BrO2/c1-2-3-4-7-5-10-9(12)6-8(7)11(13)14-10/h6-8,10H,2-5H2,1H3/t7-,8-,10-/m0/s1. The minimum Gasteiger partial charge on any atom is -0.456 e. The fourth-order valence-corrected chi connectivity index (χ4v) is 2.86. The van der Waals surface area contributed by atoms with Crippen molar-refractivity contribution in [3.63, 3.8) is 0 Å². The van der Waals surface area contributed by atoms with Gasteiger partial charge < -0.3 is 4.74 Å². The molecule has 3 atom stereocenters. The summed E-state index contributed by atoms with van der Waals surface area (Å²) in [6.45, 7) is 2.19. The Bertz CT molecular complexity index is 272. The lowest BCUT2D eigenvalue weighted by Gasteiger charge is -2.38. The topological polar surface area (TPSA) is 26.3 Å². The molecule has 1 aliphatic carbocycles. The van der Waals surface area contributed by atoms with Gasteiger partial charge in [-0.1, -0.05) is 41.8 Å². The molecule has 1 fully saturated rings. The van der Waals surface area contributed by atoms with E-state index in [-0.39, 0.29) is 18.0 Å². The molecule has 0 saturated carbocycles. The molecule has 0 spiro atoms. The zero-order valence-electron chi connectivity index (χ0n) is 8.33. The fraction of sp³-hybridized carbons (Fsp3) is 0.727. The number of carbonyl (C=O) groups excluding carboxylic acids is 1. The minimum absolute atomic E-state index is 0.00866. The molecule has 3 aliphatic rings. The molecule has 0 radical (unpaired) electrons. The molecule has 2 bridgehead atoms. The average molecular weight is 259 g/mol. The van der Waals surface area contributed by atoms with Crippen LogP contribution in [0.1, 0.15) is 32.6 Å². The van der Waals surface area contributed by atoms with Crippen molar-refractivity contribution in [2.24, 2.45) is 11.8 Å². The van der Waals surface area contributed by atoms with Crippen LogP contribution in [0.3, 0.4) is 0 Å². The van der Waals surface area contributed by atoms with E-state index < -0.39 is 0 Å². The summed E-state index contributed by atoms with van der Waals surface area (Å²) in [6, 6.07) is 0. The molecule has 0 amide bonds. The largest absolute Gasteiger partial charge is 0.456 e. The minimum atomic E-state index is -0.0226. The van der Waals surface area contributed by atoms with Gasteiger partial charge in [-0.05, 0) is 18.8 Å². The van der Waals surface area contributed by atoms with Gasteiger partial charge in [-0.2, -0.15) is 0 Å². The molecule has 0 aromatic carbocycles. The van der Waals surface area contributed by atoms with Crippen LogP contribution in [0.2, 0.25) is 0 Å². The fourth-order valence-electron chi connectivity index (χ4n) is 2.30. The van der Waals surface area contributed by atoms with Crippen LogP contribution >= 0.6 is 15.9 Å². The van der Waals surface area contributed by atoms with Gasteiger partial charge in [0.2, 0.25) is 0 Å². The van der Waals surface area contributed by atoms with Crippen LogP contribution in [0.4, 0.5) is 0 Å². The van der Waals surface area contributed by atoms with Gasteiger partial charge in [-0.15, -0.1) is 0 Å². The van der Waals surface area contributed by atoms with E-state index in [4.69, 9.17) is 4.74 Å². The smallest absolute Gasteiger partial charge is 0.313 e. The lowest BCUT2D eigenvalue weighted by Crippen LogP contribution is -2.41. The van der Waals surface area contributed by atoms with E-state index >= 15 is 0 Å². The normalized spacial score (nSPS) is 35.4. The van der Waals surface area contributed by atoms with Gasteiger partial charge in [-0.3, -0.25) is 4.79 Å². The van der Waals surface area contributed by atoms with E-state index in [1.54, 1.807) is 0 Å². The Morgan fingerprint density at radius 3 is 3.07 bits per heavy atom. The number of hydrogen-bond donors (Lipinski definition) is 0. The van der Waals surface area contributed by atoms with Crippen molar-refractivity contribution in [3.05, 3.63) is 10.6 Å². The molecule has 78 valence electrons. The van der Waals surface area contributed by atoms with Crippen molar-refractivity contribution in [3.8, 4) is 0 Å². The first-order valence-electron chi connectivity index (χ1n) is 5.30. The Balaban J connectivity index is 2.07. The monoisotopic (exact) mass is 258 g/mol. The highest BCUT2D eigenvalue weighted by molar-refractivity contribution is 9.11. The maximum absolute atomic E-state index is 11.5. The van der Waals surface area contributed by atoms with Crippen LogP contribution in [-0.4, -0.2) is 12.1 Å². The van der Waals surface area contributed by atoms with E-state index in [0.29, 0.717) is 5.92 Å². The molecule has 2 aliphatic heterocycles. The summed E-state index contributed by atoms with van der Waals surface area (Å²) < 4.78 is 6.32. The van der Waals surface area contributed by atoms with Crippen molar-refractivity contribution >= 4 is 21.9 Å². The first-order valence-corrected chi connectivity index (χ1v) is 6.09. The van der Waals surface area contributed by atoms with E-state index in [9.17, 15) is 4.79 Å². The Morgan fingerprint density at radius 1 is 1.64 bits per heavy atom. The predicted molar refractivity (Wildman–Crippen MR) is 58.0 cm³/mol. The van der Waals surface area contributed by atoms with E-state index in [2.05, 4.69) is 22.9 Å². The maximum atomic E-state index is 11.5. The quantitative estimate of drug-likeness (QED) is 0.728. The number of esters is 1. The first kappa shape index (κ1) is 10.2. The van der Waals surface area contributed by atoms with Gasteiger partial charge in [0, 0.05) is 4.48 Å². The van der Waals surface area contributed by atoms with Crippen molar-refractivity contribution in [2.75, 3.05) is 0 Å². The molecule has 3 heteroatoms. The lowest BCUT2D eigenvalue weighted by molar-refractivity contribution is -0.161. The van der Waals surface area contributed by atoms with Crippen molar-refractivity contribution in [1.82, 2.24) is 0 Å². The van der Waals surface area contributed by atoms with E-state index in [0.717, 1.165) is 17.3 Å². The van der Waals surface area contributed by atoms with Crippen molar-refractivity contribution < 1.29 is 9.53 Å². The summed E-state index contributed by atoms with van der Waals surface area (Å²) in [5.74, 6) is 0.508. The maximum Gasteiger partial charge on any atom is 0.313 e. The van der Waals surface area contributed by atoms with Gasteiger partial charge in [0.25, 0.3) is 0 Å². The van der Waals surface area contributed by atoms with Crippen LogP contribution in [-0.2, 0) is 9.53 Å². The highest BCUT2D eigenvalue weighted by atomic mass is 79.9. The number of carbonyl (C=O) groups is 1. The molecule has 0 N–H and O–H groups in total. The molecule has 1 saturated heterocycles. The first-order chi connectivity index (χ1) is 6.72. The number of unbranched alkanes of at least 4 members (excludes halogenated alkanes) is 1. The van der Waals surface area contributed by atoms with Crippen LogP contribution in [0.25, 0.3) is 0 Å². The zero-order chi connectivity index (χ0) is 10.1. The average Bonchev–Trinajstić information content (AvgIpc) is 2.17. The van der Waals surface area contributed by atoms with Crippen LogP contribution in [0.5, 0.6) is 0 Å². The van der Waals surface area contributed by atoms with Gasteiger partial charge in [-0.25, -0.2) is 0 Å². The van der Waals surface area contributed by atoms with Crippen molar-refractivity contribution in [2.45, 2.75) is 38.7 Å². The predicted octanol–water partition coefficient (Wildman–Crippen LogP) is 3.02. The Labute approximate surface area is 92.8 Å². The van der Waals surface area contributed by atoms with Gasteiger partial charge in [0.05, 0.1) is 5.92 Å². The van der Waals surface area contributed by atoms with Crippen LogP contribution < -0.4 is 0 Å². The molecule has 2 nitrogen and oxygen atoms in total. The summed E-state index contributed by atoms with van der Waals surface area (Å²) in [5, 5.41) is 0. The summed E-state index contributed by atoms with van der Waals surface area (Å²) in [6.07, 6.45) is 6.63. The highest BCUT2D eigenvalue weighted by Gasteiger charge is 2.42. The summed E-state index contributed by atoms with van der Waals surface area (Å²) in [4.78, 5) is 11.5. The molecule has 3 rings (SSSR count). The van der Waals surface area contributed by atoms with E-state index in [1.165, 1.54) is 12.8 Å². The lowest BCUT2D eigenvalue weighted by atomic mass is 9.77. The SMILES string of the molecule is CCCC[C@H]1C[C@@H]2OC(=O)[C@H]1C=C2Br. The van der Waals surface area contributed by atoms with Crippen LogP contribution in [0, 0.1) is 11.8 Å². The van der Waals surface area contributed by atoms with Crippen molar-refractivity contribution in [1.29, 1.82) is 0 Å². The summed E-state index contributed by atoms with van der Waals surface area (Å²) in [5.41, 5.74) is 0. The molecule has 14 heavy (non-hydrogen) atoms. The van der Waals surface area contributed by atoms with E-state index in [1.807, 2.05) is 6.08 Å². The highest BCUT2D eigenvalue weighted by Crippen LogP contribution is 2.41. The Kier molecular flexibility index (Phi) is 2.96. The van der Waals surface area contributed by atoms with Crippen LogP contribution in [0.15, 0.2) is 10.6 Å². The molecular formula is C11H15BrO2. The van der Waals surface area contributed by atoms with Gasteiger partial charge in [0.1, 0.15) is 6.10 Å². The second-order valence-corrected chi connectivity index (χ2v) is 5.06. The molecular weight excluding hydrogens is 244 g/mol. The third-order valence-corrected chi connectivity index (χ3v) is 3.91. The zero-order valence-corrected chi connectivity index (χ0v) is 9.92. The Hall–Kier alpha value is -0.310. The van der Waals surface area contributed by atoms with Gasteiger partial charge in [0.15, 0.2) is 0 Å². The summed E-state index contributed by atoms with van der Waals surface area (Å²) >= 11 is 3.45. The number of ether oxygens (including phenoxy) is 1. The molecule has 0 aromatic rings. The number of hydrogen-bond acceptors (Lipinski definition) is 2. The summed E-state index contributed by atoms with van der Waals surface area (Å²) in [7, 11) is 0. The molecule has 0 unspecified atom stereocenters. The number of halogens is 1. The Morgan fingerprint density at radius 2 is 2.43 bits per heavy atom. The number of rotatable bonds is 3. The number of fused-ring (bicyclic) bond motifs is 2.